The molecule has 0 spiro atoms. The zero-order chi connectivity index (χ0) is 15.6. The predicted octanol–water partition coefficient (Wildman–Crippen LogP) is 4.53. The first-order chi connectivity index (χ1) is 9.79. The summed E-state index contributed by atoms with van der Waals surface area (Å²) in [5, 5.41) is 2.19. The summed E-state index contributed by atoms with van der Waals surface area (Å²) in [5.74, 6) is 0. The zero-order valence-corrected chi connectivity index (χ0v) is 12.7. The number of halogens is 3. The van der Waals surface area contributed by atoms with Gasteiger partial charge in [-0.05, 0) is 51.3 Å². The molecule has 1 fully saturated rings. The second-order valence-corrected chi connectivity index (χ2v) is 6.01. The van der Waals surface area contributed by atoms with E-state index in [1.807, 2.05) is 6.92 Å². The van der Waals surface area contributed by atoms with Crippen LogP contribution in [0.15, 0.2) is 24.3 Å². The molecule has 2 rings (SSSR count). The number of piperidine rings is 1. The molecule has 118 valence electrons. The highest BCUT2D eigenvalue weighted by Crippen LogP contribution is 2.31. The van der Waals surface area contributed by atoms with Gasteiger partial charge < -0.3 is 0 Å². The van der Waals surface area contributed by atoms with Crippen molar-refractivity contribution in [2.75, 3.05) is 0 Å². The molecule has 1 heterocycles. The van der Waals surface area contributed by atoms with Gasteiger partial charge in [0.2, 0.25) is 0 Å². The zero-order valence-electron chi connectivity index (χ0n) is 12.7. The van der Waals surface area contributed by atoms with Crippen LogP contribution in [0.5, 0.6) is 0 Å². The minimum absolute atomic E-state index is 0.143. The van der Waals surface area contributed by atoms with E-state index < -0.39 is 11.7 Å². The molecule has 0 aromatic heterocycles. The fraction of sp³-hybridized carbons (Fsp3) is 0.625. The van der Waals surface area contributed by atoms with E-state index in [1.54, 1.807) is 6.07 Å². The van der Waals surface area contributed by atoms with Crippen LogP contribution >= 0.6 is 0 Å². The Morgan fingerprint density at radius 2 is 1.81 bits per heavy atom. The fourth-order valence-corrected chi connectivity index (χ4v) is 2.96. The molecule has 1 N–H and O–H groups in total. The Balaban J connectivity index is 2.11. The number of nitrogens with zero attached hydrogens (tertiary/aromatic N) is 1. The Morgan fingerprint density at radius 1 is 1.19 bits per heavy atom. The Hall–Kier alpha value is -1.07. The van der Waals surface area contributed by atoms with Crippen LogP contribution in [-0.4, -0.2) is 17.1 Å². The van der Waals surface area contributed by atoms with E-state index in [0.29, 0.717) is 17.6 Å². The first-order valence-corrected chi connectivity index (χ1v) is 7.50. The maximum atomic E-state index is 12.8. The van der Waals surface area contributed by atoms with Gasteiger partial charge >= 0.3 is 6.18 Å². The van der Waals surface area contributed by atoms with Crippen molar-refractivity contribution in [2.45, 2.75) is 64.3 Å². The lowest BCUT2D eigenvalue weighted by atomic mass is 9.99. The normalized spacial score (nSPS) is 25.8. The average molecular weight is 300 g/mol. The lowest BCUT2D eigenvalue weighted by Gasteiger charge is -2.41. The molecule has 5 heteroatoms. The van der Waals surface area contributed by atoms with Crippen molar-refractivity contribution in [3.05, 3.63) is 35.4 Å². The Bertz CT molecular complexity index is 463. The third-order valence-corrected chi connectivity index (χ3v) is 4.25. The van der Waals surface area contributed by atoms with Crippen LogP contribution in [0.25, 0.3) is 0 Å². The Labute approximate surface area is 124 Å². The summed E-state index contributed by atoms with van der Waals surface area (Å²) < 4.78 is 38.3. The molecule has 1 aromatic carbocycles. The highest BCUT2D eigenvalue weighted by atomic mass is 19.4. The summed E-state index contributed by atoms with van der Waals surface area (Å²) in [6.07, 6.45) is -0.848. The molecule has 0 aliphatic carbocycles. The molecule has 3 unspecified atom stereocenters. The van der Waals surface area contributed by atoms with Gasteiger partial charge in [0, 0.05) is 18.1 Å². The third kappa shape index (κ3) is 3.98. The number of hydrazine groups is 1. The Kier molecular flexibility index (Phi) is 4.94. The van der Waals surface area contributed by atoms with E-state index in [0.717, 1.165) is 18.9 Å². The summed E-state index contributed by atoms with van der Waals surface area (Å²) in [6.45, 7) is 6.21. The molecule has 1 saturated heterocycles. The molecular weight excluding hydrogens is 277 g/mol. The molecule has 1 aliphatic heterocycles. The molecular formula is C16H23F3N2. The predicted molar refractivity (Wildman–Crippen MR) is 77.6 cm³/mol. The summed E-state index contributed by atoms with van der Waals surface area (Å²) in [7, 11) is 0. The van der Waals surface area contributed by atoms with Crippen molar-refractivity contribution in [1.82, 2.24) is 10.4 Å². The summed E-state index contributed by atoms with van der Waals surface area (Å²) in [6, 6.07) is 6.23. The van der Waals surface area contributed by atoms with Gasteiger partial charge in [-0.25, -0.2) is 10.4 Å². The van der Waals surface area contributed by atoms with Crippen molar-refractivity contribution in [2.24, 2.45) is 0 Å². The van der Waals surface area contributed by atoms with E-state index in [-0.39, 0.29) is 6.04 Å². The smallest absolute Gasteiger partial charge is 0.247 e. The van der Waals surface area contributed by atoms with Crippen molar-refractivity contribution in [3.8, 4) is 0 Å². The lowest BCUT2D eigenvalue weighted by molar-refractivity contribution is -0.137. The van der Waals surface area contributed by atoms with Crippen molar-refractivity contribution in [1.29, 1.82) is 0 Å². The first-order valence-electron chi connectivity index (χ1n) is 7.50. The maximum absolute atomic E-state index is 12.8. The van der Waals surface area contributed by atoms with Crippen LogP contribution in [0.2, 0.25) is 0 Å². The number of alkyl halides is 3. The molecule has 1 aromatic rings. The van der Waals surface area contributed by atoms with E-state index in [9.17, 15) is 13.2 Å². The lowest BCUT2D eigenvalue weighted by Crippen LogP contribution is -2.52. The number of hydrogen-bond acceptors (Lipinski definition) is 2. The number of benzene rings is 1. The van der Waals surface area contributed by atoms with Crippen LogP contribution in [0, 0.1) is 0 Å². The second kappa shape index (κ2) is 6.36. The van der Waals surface area contributed by atoms with Crippen molar-refractivity contribution >= 4 is 0 Å². The topological polar surface area (TPSA) is 15.3 Å². The molecule has 0 bridgehead atoms. The minimum atomic E-state index is -4.29. The van der Waals surface area contributed by atoms with E-state index in [4.69, 9.17) is 0 Å². The minimum Gasteiger partial charge on any atom is -0.247 e. The largest absolute Gasteiger partial charge is 0.416 e. The summed E-state index contributed by atoms with van der Waals surface area (Å²) >= 11 is 0. The van der Waals surface area contributed by atoms with Gasteiger partial charge in [0.15, 0.2) is 0 Å². The van der Waals surface area contributed by atoms with Gasteiger partial charge in [0.05, 0.1) is 5.56 Å². The van der Waals surface area contributed by atoms with E-state index in [1.165, 1.54) is 18.6 Å². The third-order valence-electron chi connectivity index (χ3n) is 4.25. The van der Waals surface area contributed by atoms with E-state index >= 15 is 0 Å². The quantitative estimate of drug-likeness (QED) is 0.882. The fourth-order valence-electron chi connectivity index (χ4n) is 2.96. The molecule has 1 aliphatic rings. The molecule has 2 nitrogen and oxygen atoms in total. The van der Waals surface area contributed by atoms with Crippen LogP contribution < -0.4 is 5.43 Å². The average Bonchev–Trinajstić information content (AvgIpc) is 2.42. The Morgan fingerprint density at radius 3 is 2.38 bits per heavy atom. The van der Waals surface area contributed by atoms with Gasteiger partial charge in [-0.3, -0.25) is 0 Å². The second-order valence-electron chi connectivity index (χ2n) is 6.01. The van der Waals surface area contributed by atoms with Crippen LogP contribution in [0.4, 0.5) is 13.2 Å². The maximum Gasteiger partial charge on any atom is 0.416 e. The standard InChI is InChI=1S/C16H23F3N2/c1-11-6-4-7-12(2)21(11)20-13(3)14-8-5-9-15(10-14)16(17,18)19/h5,8-13,20H,4,6-7H2,1-3H3. The summed E-state index contributed by atoms with van der Waals surface area (Å²) in [5.41, 5.74) is 3.45. The van der Waals surface area contributed by atoms with Gasteiger partial charge in [-0.2, -0.15) is 13.2 Å². The molecule has 0 saturated carbocycles. The number of hydrogen-bond donors (Lipinski definition) is 1. The van der Waals surface area contributed by atoms with Gasteiger partial charge in [-0.15, -0.1) is 0 Å². The highest BCUT2D eigenvalue weighted by molar-refractivity contribution is 5.27. The van der Waals surface area contributed by atoms with Crippen LogP contribution in [-0.2, 0) is 6.18 Å². The molecule has 0 amide bonds. The molecule has 3 atom stereocenters. The number of rotatable bonds is 3. The molecule has 21 heavy (non-hydrogen) atoms. The molecule has 0 radical (unpaired) electrons. The van der Waals surface area contributed by atoms with Crippen LogP contribution in [0.3, 0.4) is 0 Å². The first kappa shape index (κ1) is 16.3. The van der Waals surface area contributed by atoms with Gasteiger partial charge in [-0.1, -0.05) is 18.6 Å². The van der Waals surface area contributed by atoms with E-state index in [2.05, 4.69) is 24.3 Å². The van der Waals surface area contributed by atoms with Crippen molar-refractivity contribution < 1.29 is 13.2 Å². The summed E-state index contributed by atoms with van der Waals surface area (Å²) in [4.78, 5) is 0. The number of nitrogens with one attached hydrogen (secondary N) is 1. The van der Waals surface area contributed by atoms with Crippen LogP contribution in [0.1, 0.15) is 57.2 Å². The SMILES string of the molecule is CC(NN1C(C)CCCC1C)c1cccc(C(F)(F)F)c1. The monoisotopic (exact) mass is 300 g/mol. The van der Waals surface area contributed by atoms with Gasteiger partial charge in [0.25, 0.3) is 0 Å². The van der Waals surface area contributed by atoms with Crippen molar-refractivity contribution in [3.63, 3.8) is 0 Å². The van der Waals surface area contributed by atoms with Gasteiger partial charge in [0.1, 0.15) is 0 Å². The highest BCUT2D eigenvalue weighted by Gasteiger charge is 2.31.